The van der Waals surface area contributed by atoms with Gasteiger partial charge in [0.25, 0.3) is 0 Å². The molecule has 0 aliphatic carbocycles. The van der Waals surface area contributed by atoms with Crippen LogP contribution in [-0.2, 0) is 6.54 Å². The Labute approximate surface area is 118 Å². The molecule has 20 heavy (non-hydrogen) atoms. The summed E-state index contributed by atoms with van der Waals surface area (Å²) >= 11 is 0. The van der Waals surface area contributed by atoms with Crippen molar-refractivity contribution >= 4 is 5.82 Å². The zero-order chi connectivity index (χ0) is 14.4. The minimum atomic E-state index is 0.362. The molecule has 0 aliphatic rings. The second kappa shape index (κ2) is 6.83. The van der Waals surface area contributed by atoms with Crippen molar-refractivity contribution in [2.24, 2.45) is 0 Å². The van der Waals surface area contributed by atoms with Crippen molar-refractivity contribution in [1.82, 2.24) is 24.7 Å². The van der Waals surface area contributed by atoms with Crippen LogP contribution in [0.5, 0.6) is 5.88 Å². The summed E-state index contributed by atoms with van der Waals surface area (Å²) in [5.41, 5.74) is 0. The number of ether oxygens (including phenoxy) is 1. The van der Waals surface area contributed by atoms with Crippen molar-refractivity contribution in [1.29, 1.82) is 0 Å². The van der Waals surface area contributed by atoms with E-state index in [9.17, 15) is 0 Å². The maximum Gasteiger partial charge on any atom is 0.218 e. The van der Waals surface area contributed by atoms with E-state index < -0.39 is 0 Å². The molecule has 0 radical (unpaired) electrons. The van der Waals surface area contributed by atoms with Crippen molar-refractivity contribution in [2.45, 2.75) is 33.2 Å². The number of anilines is 1. The lowest BCUT2D eigenvalue weighted by Gasteiger charge is -2.10. The normalized spacial score (nSPS) is 10.8. The molecule has 2 heterocycles. The Hall–Kier alpha value is -2.18. The molecule has 2 rings (SSSR count). The van der Waals surface area contributed by atoms with Gasteiger partial charge in [-0.1, -0.05) is 13.8 Å². The average molecular weight is 276 g/mol. The fourth-order valence-corrected chi connectivity index (χ4v) is 1.85. The van der Waals surface area contributed by atoms with Gasteiger partial charge >= 0.3 is 0 Å². The largest absolute Gasteiger partial charge is 0.478 e. The zero-order valence-corrected chi connectivity index (χ0v) is 12.1. The van der Waals surface area contributed by atoms with Crippen molar-refractivity contribution in [2.75, 3.05) is 18.5 Å². The Morgan fingerprint density at radius 2 is 2.20 bits per heavy atom. The summed E-state index contributed by atoms with van der Waals surface area (Å²) in [6, 6.07) is 1.79. The molecule has 0 atom stereocenters. The molecular weight excluding hydrogens is 256 g/mol. The van der Waals surface area contributed by atoms with Crippen LogP contribution in [0.15, 0.2) is 18.7 Å². The Morgan fingerprint density at radius 1 is 1.35 bits per heavy atom. The van der Waals surface area contributed by atoms with Gasteiger partial charge in [0.15, 0.2) is 0 Å². The van der Waals surface area contributed by atoms with E-state index in [1.165, 1.54) is 6.33 Å². The molecule has 0 bridgehead atoms. The standard InChI is InChI=1S/C13H20N6O/c1-4-20-12-7-11(15-8-16-12)14-5-6-19-9-17-18-13(19)10(2)3/h7-10H,4-6H2,1-3H3,(H,14,15,16). The zero-order valence-electron chi connectivity index (χ0n) is 12.1. The number of aromatic nitrogens is 5. The lowest BCUT2D eigenvalue weighted by molar-refractivity contribution is 0.326. The fraction of sp³-hybridized carbons (Fsp3) is 0.538. The van der Waals surface area contributed by atoms with Crippen LogP contribution < -0.4 is 10.1 Å². The molecule has 108 valence electrons. The smallest absolute Gasteiger partial charge is 0.218 e. The first-order chi connectivity index (χ1) is 9.70. The van der Waals surface area contributed by atoms with Gasteiger partial charge in [-0.15, -0.1) is 10.2 Å². The summed E-state index contributed by atoms with van der Waals surface area (Å²) < 4.78 is 7.38. The lowest BCUT2D eigenvalue weighted by Crippen LogP contribution is -2.14. The van der Waals surface area contributed by atoms with Gasteiger partial charge in [-0.25, -0.2) is 9.97 Å². The number of nitrogens with zero attached hydrogens (tertiary/aromatic N) is 5. The first-order valence-electron chi connectivity index (χ1n) is 6.77. The van der Waals surface area contributed by atoms with E-state index in [1.807, 2.05) is 11.5 Å². The highest BCUT2D eigenvalue weighted by atomic mass is 16.5. The van der Waals surface area contributed by atoms with Gasteiger partial charge in [0.05, 0.1) is 6.61 Å². The minimum Gasteiger partial charge on any atom is -0.478 e. The summed E-state index contributed by atoms with van der Waals surface area (Å²) in [7, 11) is 0. The maximum absolute atomic E-state index is 5.33. The second-order valence-corrected chi connectivity index (χ2v) is 4.64. The molecule has 0 aliphatic heterocycles. The van der Waals surface area contributed by atoms with E-state index in [1.54, 1.807) is 12.4 Å². The summed E-state index contributed by atoms with van der Waals surface area (Å²) in [5.74, 6) is 2.69. The number of hydrogen-bond acceptors (Lipinski definition) is 6. The van der Waals surface area contributed by atoms with Crippen LogP contribution in [0.2, 0.25) is 0 Å². The molecule has 1 N–H and O–H groups in total. The van der Waals surface area contributed by atoms with Crippen LogP contribution in [0.3, 0.4) is 0 Å². The Balaban J connectivity index is 1.89. The molecule has 2 aromatic rings. The molecule has 7 heteroatoms. The second-order valence-electron chi connectivity index (χ2n) is 4.64. The first-order valence-corrected chi connectivity index (χ1v) is 6.77. The molecule has 0 aromatic carbocycles. The fourth-order valence-electron chi connectivity index (χ4n) is 1.85. The van der Waals surface area contributed by atoms with Crippen LogP contribution in [0.4, 0.5) is 5.82 Å². The molecule has 0 amide bonds. The van der Waals surface area contributed by atoms with Crippen LogP contribution >= 0.6 is 0 Å². The number of nitrogens with one attached hydrogen (secondary N) is 1. The molecule has 0 spiro atoms. The van der Waals surface area contributed by atoms with E-state index >= 15 is 0 Å². The van der Waals surface area contributed by atoms with Crippen molar-refractivity contribution in [3.8, 4) is 5.88 Å². The number of rotatable bonds is 7. The Bertz CT molecular complexity index is 539. The average Bonchev–Trinajstić information content (AvgIpc) is 2.88. The lowest BCUT2D eigenvalue weighted by atomic mass is 10.2. The van der Waals surface area contributed by atoms with Crippen LogP contribution in [0.1, 0.15) is 32.5 Å². The molecule has 0 saturated heterocycles. The van der Waals surface area contributed by atoms with E-state index in [0.717, 1.165) is 24.7 Å². The minimum absolute atomic E-state index is 0.362. The van der Waals surface area contributed by atoms with Gasteiger partial charge in [-0.2, -0.15) is 0 Å². The molecular formula is C13H20N6O. The third-order valence-corrected chi connectivity index (χ3v) is 2.75. The van der Waals surface area contributed by atoms with Crippen LogP contribution in [-0.4, -0.2) is 37.9 Å². The van der Waals surface area contributed by atoms with Crippen LogP contribution in [0.25, 0.3) is 0 Å². The highest BCUT2D eigenvalue weighted by Gasteiger charge is 2.07. The van der Waals surface area contributed by atoms with Crippen molar-refractivity contribution < 1.29 is 4.74 Å². The van der Waals surface area contributed by atoms with E-state index in [-0.39, 0.29) is 0 Å². The summed E-state index contributed by atoms with van der Waals surface area (Å²) in [6.45, 7) is 8.25. The predicted molar refractivity (Wildman–Crippen MR) is 75.8 cm³/mol. The third kappa shape index (κ3) is 3.66. The van der Waals surface area contributed by atoms with Gasteiger partial charge in [0.2, 0.25) is 5.88 Å². The summed E-state index contributed by atoms with van der Waals surface area (Å²) in [4.78, 5) is 8.18. The molecule has 7 nitrogen and oxygen atoms in total. The molecule has 0 fully saturated rings. The van der Waals surface area contributed by atoms with Crippen molar-refractivity contribution in [3.63, 3.8) is 0 Å². The van der Waals surface area contributed by atoms with Gasteiger partial charge in [-0.05, 0) is 6.92 Å². The van der Waals surface area contributed by atoms with Gasteiger partial charge in [-0.3, -0.25) is 0 Å². The van der Waals surface area contributed by atoms with Crippen LogP contribution in [0, 0.1) is 0 Å². The van der Waals surface area contributed by atoms with E-state index in [0.29, 0.717) is 18.4 Å². The van der Waals surface area contributed by atoms with Crippen molar-refractivity contribution in [3.05, 3.63) is 24.5 Å². The quantitative estimate of drug-likeness (QED) is 0.829. The molecule has 2 aromatic heterocycles. The topological polar surface area (TPSA) is 77.8 Å². The Kier molecular flexibility index (Phi) is 4.86. The predicted octanol–water partition coefficient (Wildman–Crippen LogP) is 1.70. The highest BCUT2D eigenvalue weighted by Crippen LogP contribution is 2.12. The first kappa shape index (κ1) is 14.2. The van der Waals surface area contributed by atoms with Gasteiger partial charge in [0.1, 0.15) is 24.3 Å². The summed E-state index contributed by atoms with van der Waals surface area (Å²) in [6.07, 6.45) is 3.24. The monoisotopic (exact) mass is 276 g/mol. The highest BCUT2D eigenvalue weighted by molar-refractivity contribution is 5.36. The molecule has 0 unspecified atom stereocenters. The number of hydrogen-bond donors (Lipinski definition) is 1. The van der Waals surface area contributed by atoms with E-state index in [4.69, 9.17) is 4.74 Å². The third-order valence-electron chi connectivity index (χ3n) is 2.75. The van der Waals surface area contributed by atoms with Gasteiger partial charge < -0.3 is 14.6 Å². The Morgan fingerprint density at radius 3 is 2.95 bits per heavy atom. The summed E-state index contributed by atoms with van der Waals surface area (Å²) in [5, 5.41) is 11.3. The SMILES string of the molecule is CCOc1cc(NCCn2cnnc2C(C)C)ncn1. The van der Waals surface area contributed by atoms with E-state index in [2.05, 4.69) is 39.3 Å². The maximum atomic E-state index is 5.33. The van der Waals surface area contributed by atoms with Gasteiger partial charge in [0, 0.05) is 25.1 Å². The molecule has 0 saturated carbocycles.